The molecule has 0 unspecified atom stereocenters. The van der Waals surface area contributed by atoms with Gasteiger partial charge in [-0.15, -0.1) is 11.3 Å². The van der Waals surface area contributed by atoms with Gasteiger partial charge in [0.15, 0.2) is 4.96 Å². The van der Waals surface area contributed by atoms with Crippen molar-refractivity contribution < 1.29 is 8.78 Å². The second-order valence-corrected chi connectivity index (χ2v) is 8.27. The summed E-state index contributed by atoms with van der Waals surface area (Å²) in [6.07, 6.45) is 0. The van der Waals surface area contributed by atoms with Crippen molar-refractivity contribution in [1.82, 2.24) is 9.38 Å². The van der Waals surface area contributed by atoms with E-state index in [-0.39, 0.29) is 5.56 Å². The highest BCUT2D eigenvalue weighted by atomic mass is 32.1. The molecule has 2 heterocycles. The van der Waals surface area contributed by atoms with Gasteiger partial charge in [0, 0.05) is 22.7 Å². The second kappa shape index (κ2) is 7.63. The molecule has 0 saturated heterocycles. The number of hydrogen-bond acceptors (Lipinski definition) is 3. The number of nitrogens with zero attached hydrogens (tertiary/aromatic N) is 2. The number of aromatic nitrogens is 2. The Kier molecular flexibility index (Phi) is 4.79. The first-order chi connectivity index (χ1) is 15.0. The Hall–Kier alpha value is -3.51. The zero-order chi connectivity index (χ0) is 21.5. The predicted molar refractivity (Wildman–Crippen MR) is 123 cm³/mol. The molecule has 0 spiro atoms. The van der Waals surface area contributed by atoms with Crippen LogP contribution in [0.5, 0.6) is 0 Å². The van der Waals surface area contributed by atoms with Crippen LogP contribution in [0.15, 0.2) is 72.1 Å². The highest BCUT2D eigenvalue weighted by Gasteiger charge is 2.22. The van der Waals surface area contributed by atoms with Crippen LogP contribution in [0, 0.1) is 25.5 Å². The van der Waals surface area contributed by atoms with Crippen molar-refractivity contribution in [1.29, 1.82) is 0 Å². The van der Waals surface area contributed by atoms with Crippen LogP contribution >= 0.6 is 11.3 Å². The molecule has 0 radical (unpaired) electrons. The van der Waals surface area contributed by atoms with Crippen LogP contribution in [-0.2, 0) is 0 Å². The van der Waals surface area contributed by atoms with Gasteiger partial charge < -0.3 is 5.32 Å². The van der Waals surface area contributed by atoms with Crippen molar-refractivity contribution in [2.24, 2.45) is 0 Å². The Morgan fingerprint density at radius 2 is 1.65 bits per heavy atom. The normalized spacial score (nSPS) is 11.2. The van der Waals surface area contributed by atoms with Crippen molar-refractivity contribution in [3.8, 4) is 22.5 Å². The zero-order valence-corrected chi connectivity index (χ0v) is 17.8. The number of aryl methyl sites for hydroxylation is 2. The lowest BCUT2D eigenvalue weighted by Gasteiger charge is -2.15. The van der Waals surface area contributed by atoms with Crippen LogP contribution < -0.4 is 5.32 Å². The molecule has 5 rings (SSSR count). The number of fused-ring (bicyclic) bond motifs is 1. The monoisotopic (exact) mass is 431 g/mol. The van der Waals surface area contributed by atoms with Gasteiger partial charge >= 0.3 is 0 Å². The summed E-state index contributed by atoms with van der Waals surface area (Å²) in [7, 11) is 0. The molecule has 0 amide bonds. The van der Waals surface area contributed by atoms with E-state index in [1.807, 2.05) is 72.2 Å². The van der Waals surface area contributed by atoms with Gasteiger partial charge in [-0.25, -0.2) is 13.8 Å². The van der Waals surface area contributed by atoms with Crippen LogP contribution in [0.4, 0.5) is 20.3 Å². The maximum atomic E-state index is 14.8. The van der Waals surface area contributed by atoms with E-state index in [0.29, 0.717) is 11.5 Å². The minimum absolute atomic E-state index is 0.255. The number of benzene rings is 3. The Balaban J connectivity index is 1.79. The van der Waals surface area contributed by atoms with Crippen molar-refractivity contribution in [3.63, 3.8) is 0 Å². The van der Waals surface area contributed by atoms with Crippen LogP contribution in [0.1, 0.15) is 11.1 Å². The number of rotatable bonds is 4. The first kappa shape index (κ1) is 19.5. The summed E-state index contributed by atoms with van der Waals surface area (Å²) >= 11 is 1.48. The molecule has 3 aromatic carbocycles. The van der Waals surface area contributed by atoms with Gasteiger partial charge in [-0.2, -0.15) is 0 Å². The van der Waals surface area contributed by atoms with Crippen molar-refractivity contribution in [3.05, 3.63) is 94.9 Å². The van der Waals surface area contributed by atoms with E-state index >= 15 is 0 Å². The molecule has 0 aliphatic rings. The number of halogens is 2. The molecule has 1 N–H and O–H groups in total. The average Bonchev–Trinajstić information content (AvgIpc) is 3.31. The van der Waals surface area contributed by atoms with Crippen LogP contribution in [-0.4, -0.2) is 9.38 Å². The molecule has 5 aromatic rings. The molecule has 0 fully saturated rings. The molecule has 0 aliphatic heterocycles. The lowest BCUT2D eigenvalue weighted by Crippen LogP contribution is -2.02. The molecule has 154 valence electrons. The average molecular weight is 432 g/mol. The zero-order valence-electron chi connectivity index (χ0n) is 17.0. The third-order valence-electron chi connectivity index (χ3n) is 5.34. The van der Waals surface area contributed by atoms with Gasteiger partial charge in [0.25, 0.3) is 0 Å². The maximum absolute atomic E-state index is 14.8. The lowest BCUT2D eigenvalue weighted by atomic mass is 10.1. The number of nitrogens with one attached hydrogen (secondary N) is 1. The largest absolute Gasteiger partial charge is 0.339 e. The van der Waals surface area contributed by atoms with Crippen molar-refractivity contribution >= 4 is 27.8 Å². The molecule has 6 heteroatoms. The number of hydrogen-bond donors (Lipinski definition) is 1. The Bertz CT molecular complexity index is 1380. The first-order valence-electron chi connectivity index (χ1n) is 9.87. The van der Waals surface area contributed by atoms with E-state index in [1.165, 1.54) is 23.5 Å². The van der Waals surface area contributed by atoms with Gasteiger partial charge in [-0.05, 0) is 42.7 Å². The van der Waals surface area contributed by atoms with E-state index in [9.17, 15) is 8.78 Å². The molecule has 0 atom stereocenters. The van der Waals surface area contributed by atoms with Gasteiger partial charge in [0.2, 0.25) is 0 Å². The summed E-state index contributed by atoms with van der Waals surface area (Å²) in [5.74, 6) is -0.605. The summed E-state index contributed by atoms with van der Waals surface area (Å²) < 4.78 is 30.3. The third-order valence-corrected chi connectivity index (χ3v) is 6.17. The Labute approximate surface area is 182 Å². The molecule has 0 aliphatic carbocycles. The quantitative estimate of drug-likeness (QED) is 0.322. The van der Waals surface area contributed by atoms with Crippen LogP contribution in [0.2, 0.25) is 0 Å². The van der Waals surface area contributed by atoms with Gasteiger partial charge in [0.05, 0.1) is 5.69 Å². The fourth-order valence-electron chi connectivity index (χ4n) is 3.78. The fourth-order valence-corrected chi connectivity index (χ4v) is 4.68. The van der Waals surface area contributed by atoms with E-state index in [4.69, 9.17) is 4.98 Å². The summed E-state index contributed by atoms with van der Waals surface area (Å²) in [4.78, 5) is 5.46. The highest BCUT2D eigenvalue weighted by Crippen LogP contribution is 2.39. The first-order valence-corrected chi connectivity index (χ1v) is 10.7. The molecule has 31 heavy (non-hydrogen) atoms. The van der Waals surface area contributed by atoms with Gasteiger partial charge in [-0.1, -0.05) is 48.5 Å². The molecule has 0 bridgehead atoms. The van der Waals surface area contributed by atoms with Gasteiger partial charge in [-0.3, -0.25) is 4.40 Å². The van der Waals surface area contributed by atoms with Gasteiger partial charge in [0.1, 0.15) is 23.1 Å². The van der Waals surface area contributed by atoms with E-state index in [1.54, 1.807) is 0 Å². The SMILES string of the molecule is Cc1cccc(C)c1Nc1c(-c2ccc(F)cc2F)nc2scc(-c3ccccc3)n12. The lowest BCUT2D eigenvalue weighted by molar-refractivity contribution is 0.585. The standard InChI is InChI=1S/C25H19F2N3S/c1-15-7-6-8-16(2)22(15)28-24-23(19-12-11-18(26)13-20(19)27)29-25-30(24)21(14-31-25)17-9-4-3-5-10-17/h3-14,28H,1-2H3. The number of anilines is 2. The summed E-state index contributed by atoms with van der Waals surface area (Å²) in [5.41, 5.74) is 5.76. The summed E-state index contributed by atoms with van der Waals surface area (Å²) in [5, 5.41) is 5.56. The van der Waals surface area contributed by atoms with E-state index in [0.717, 1.165) is 39.1 Å². The number of imidazole rings is 1. The highest BCUT2D eigenvalue weighted by molar-refractivity contribution is 7.15. The summed E-state index contributed by atoms with van der Waals surface area (Å²) in [6.45, 7) is 4.05. The topological polar surface area (TPSA) is 29.3 Å². The predicted octanol–water partition coefficient (Wildman–Crippen LogP) is 7.37. The number of para-hydroxylation sites is 1. The fraction of sp³-hybridized carbons (Fsp3) is 0.0800. The maximum Gasteiger partial charge on any atom is 0.196 e. The third kappa shape index (κ3) is 3.39. The minimum atomic E-state index is -0.642. The summed E-state index contributed by atoms with van der Waals surface area (Å²) in [6, 6.07) is 19.6. The smallest absolute Gasteiger partial charge is 0.196 e. The van der Waals surface area contributed by atoms with Crippen molar-refractivity contribution in [2.75, 3.05) is 5.32 Å². The van der Waals surface area contributed by atoms with Crippen LogP contribution in [0.3, 0.4) is 0 Å². The van der Waals surface area contributed by atoms with E-state index in [2.05, 4.69) is 5.32 Å². The second-order valence-electron chi connectivity index (χ2n) is 7.43. The Morgan fingerprint density at radius 1 is 0.903 bits per heavy atom. The number of thiazole rings is 1. The molecular formula is C25H19F2N3S. The Morgan fingerprint density at radius 3 is 2.35 bits per heavy atom. The van der Waals surface area contributed by atoms with Crippen molar-refractivity contribution in [2.45, 2.75) is 13.8 Å². The molecule has 0 saturated carbocycles. The molecule has 2 aromatic heterocycles. The molecular weight excluding hydrogens is 412 g/mol. The van der Waals surface area contributed by atoms with E-state index < -0.39 is 11.6 Å². The minimum Gasteiger partial charge on any atom is -0.339 e. The molecule has 3 nitrogen and oxygen atoms in total. The van der Waals surface area contributed by atoms with Crippen LogP contribution in [0.25, 0.3) is 27.5 Å².